The Morgan fingerprint density at radius 1 is 1.03 bits per heavy atom. The molecule has 0 bridgehead atoms. The molecule has 1 saturated carbocycles. The van der Waals surface area contributed by atoms with Crippen molar-refractivity contribution in [3.63, 3.8) is 0 Å². The molecule has 6 nitrogen and oxygen atoms in total. The van der Waals surface area contributed by atoms with Crippen molar-refractivity contribution in [2.45, 2.75) is 56.8 Å². The summed E-state index contributed by atoms with van der Waals surface area (Å²) in [5.74, 6) is 0.337. The number of alkyl halides is 5. The predicted molar refractivity (Wildman–Crippen MR) is 123 cm³/mol. The number of amides is 1. The third-order valence-electron chi connectivity index (χ3n) is 6.04. The number of nitrogens with zero attached hydrogens (tertiary/aromatic N) is 2. The van der Waals surface area contributed by atoms with Crippen LogP contribution in [0.4, 0.5) is 33.5 Å². The van der Waals surface area contributed by atoms with E-state index in [9.17, 15) is 26.7 Å². The van der Waals surface area contributed by atoms with Crippen molar-refractivity contribution in [2.75, 3.05) is 17.2 Å². The van der Waals surface area contributed by atoms with Gasteiger partial charge in [-0.15, -0.1) is 0 Å². The number of halogens is 5. The molecule has 0 unspecified atom stereocenters. The highest BCUT2D eigenvalue weighted by Gasteiger charge is 2.34. The van der Waals surface area contributed by atoms with Gasteiger partial charge in [0.15, 0.2) is 5.69 Å². The minimum absolute atomic E-state index is 0.00902. The van der Waals surface area contributed by atoms with Crippen molar-refractivity contribution in [2.24, 2.45) is 0 Å². The SMILES string of the molecule is O=C(NC1CCC(Nc2cccc3nc(C(F)(F)F)cn23)CC1)c1ccc(NCCC(F)F)cc1. The second-order valence-corrected chi connectivity index (χ2v) is 8.61. The van der Waals surface area contributed by atoms with Crippen LogP contribution in [-0.4, -0.2) is 40.3 Å². The van der Waals surface area contributed by atoms with Crippen molar-refractivity contribution < 1.29 is 26.7 Å². The first-order valence-corrected chi connectivity index (χ1v) is 11.4. The molecule has 0 radical (unpaired) electrons. The van der Waals surface area contributed by atoms with Crippen LogP contribution in [0.5, 0.6) is 0 Å². The third-order valence-corrected chi connectivity index (χ3v) is 6.04. The Bertz CT molecular complexity index is 1140. The van der Waals surface area contributed by atoms with Gasteiger partial charge >= 0.3 is 6.18 Å². The van der Waals surface area contributed by atoms with Gasteiger partial charge in [0.25, 0.3) is 5.91 Å². The summed E-state index contributed by atoms with van der Waals surface area (Å²) >= 11 is 0. The molecule has 188 valence electrons. The monoisotopic (exact) mass is 495 g/mol. The fourth-order valence-electron chi connectivity index (χ4n) is 4.19. The number of carbonyl (C=O) groups excluding carboxylic acids is 1. The molecule has 1 aromatic carbocycles. The van der Waals surface area contributed by atoms with Gasteiger partial charge in [-0.25, -0.2) is 13.8 Å². The number of anilines is 2. The summed E-state index contributed by atoms with van der Waals surface area (Å²) in [5.41, 5.74) is 0.439. The molecular formula is C24H26F5N5O. The molecule has 2 heterocycles. The lowest BCUT2D eigenvalue weighted by molar-refractivity contribution is -0.140. The molecule has 1 aliphatic carbocycles. The Morgan fingerprint density at radius 3 is 2.37 bits per heavy atom. The van der Waals surface area contributed by atoms with Crippen LogP contribution in [0.3, 0.4) is 0 Å². The van der Waals surface area contributed by atoms with Crippen LogP contribution >= 0.6 is 0 Å². The minimum Gasteiger partial charge on any atom is -0.385 e. The van der Waals surface area contributed by atoms with E-state index >= 15 is 0 Å². The Hall–Kier alpha value is -3.37. The summed E-state index contributed by atoms with van der Waals surface area (Å²) in [5, 5.41) is 9.22. The number of nitrogens with one attached hydrogen (secondary N) is 3. The third kappa shape index (κ3) is 6.40. The highest BCUT2D eigenvalue weighted by atomic mass is 19.4. The zero-order valence-corrected chi connectivity index (χ0v) is 18.8. The Labute approximate surface area is 198 Å². The number of benzene rings is 1. The molecular weight excluding hydrogens is 469 g/mol. The molecule has 0 spiro atoms. The maximum Gasteiger partial charge on any atom is 0.434 e. The molecule has 1 aliphatic rings. The van der Waals surface area contributed by atoms with Gasteiger partial charge < -0.3 is 16.0 Å². The van der Waals surface area contributed by atoms with Crippen LogP contribution in [0, 0.1) is 0 Å². The first-order chi connectivity index (χ1) is 16.7. The second kappa shape index (κ2) is 10.5. The molecule has 2 aromatic heterocycles. The van der Waals surface area contributed by atoms with Crippen LogP contribution in [-0.2, 0) is 6.18 Å². The summed E-state index contributed by atoms with van der Waals surface area (Å²) in [6.45, 7) is 0.152. The van der Waals surface area contributed by atoms with Crippen LogP contribution in [0.1, 0.15) is 48.2 Å². The number of aromatic nitrogens is 2. The van der Waals surface area contributed by atoms with Crippen molar-refractivity contribution >= 4 is 23.1 Å². The van der Waals surface area contributed by atoms with E-state index in [1.807, 2.05) is 0 Å². The lowest BCUT2D eigenvalue weighted by Gasteiger charge is -2.30. The van der Waals surface area contributed by atoms with Gasteiger partial charge in [0.2, 0.25) is 6.43 Å². The van der Waals surface area contributed by atoms with E-state index in [0.717, 1.165) is 31.9 Å². The minimum atomic E-state index is -4.51. The zero-order chi connectivity index (χ0) is 25.0. The number of rotatable bonds is 8. The van der Waals surface area contributed by atoms with Gasteiger partial charge in [-0.2, -0.15) is 13.2 Å². The van der Waals surface area contributed by atoms with Crippen molar-refractivity contribution in [3.8, 4) is 0 Å². The van der Waals surface area contributed by atoms with Crippen LogP contribution in [0.25, 0.3) is 5.65 Å². The van der Waals surface area contributed by atoms with Gasteiger partial charge in [-0.3, -0.25) is 9.20 Å². The Kier molecular flexibility index (Phi) is 7.42. The topological polar surface area (TPSA) is 70.5 Å². The number of fused-ring (bicyclic) bond motifs is 1. The normalized spacial score (nSPS) is 18.6. The summed E-state index contributed by atoms with van der Waals surface area (Å²) in [4.78, 5) is 16.2. The highest BCUT2D eigenvalue weighted by Crippen LogP contribution is 2.30. The molecule has 0 atom stereocenters. The van der Waals surface area contributed by atoms with Crippen molar-refractivity contribution in [1.29, 1.82) is 0 Å². The molecule has 11 heteroatoms. The standard InChI is InChI=1S/C24H26F5N5O/c25-20(26)12-13-30-16-6-4-15(5-7-16)23(35)32-18-10-8-17(9-11-18)31-21-2-1-3-22-33-19(14-34(21)22)24(27,28)29/h1-7,14,17-18,20,30-31H,8-13H2,(H,32,35). The van der Waals surface area contributed by atoms with Gasteiger partial charge in [-0.05, 0) is 62.1 Å². The summed E-state index contributed by atoms with van der Waals surface area (Å²) in [6.07, 6.45) is -3.18. The van der Waals surface area contributed by atoms with E-state index in [4.69, 9.17) is 0 Å². The molecule has 4 rings (SSSR count). The van der Waals surface area contributed by atoms with Gasteiger partial charge in [0.05, 0.1) is 0 Å². The fourth-order valence-corrected chi connectivity index (χ4v) is 4.19. The van der Waals surface area contributed by atoms with E-state index in [1.165, 1.54) is 10.5 Å². The van der Waals surface area contributed by atoms with Gasteiger partial charge in [0.1, 0.15) is 11.5 Å². The number of carbonyl (C=O) groups is 1. The fraction of sp³-hybridized carbons (Fsp3) is 0.417. The quantitative estimate of drug-likeness (QED) is 0.357. The predicted octanol–water partition coefficient (Wildman–Crippen LogP) is 5.57. The summed E-state index contributed by atoms with van der Waals surface area (Å²) in [7, 11) is 0. The lowest BCUT2D eigenvalue weighted by Crippen LogP contribution is -2.40. The maximum absolute atomic E-state index is 13.0. The average Bonchev–Trinajstić information content (AvgIpc) is 3.27. The van der Waals surface area contributed by atoms with E-state index in [1.54, 1.807) is 36.4 Å². The zero-order valence-electron chi connectivity index (χ0n) is 18.8. The summed E-state index contributed by atoms with van der Waals surface area (Å²) < 4.78 is 64.9. The average molecular weight is 495 g/mol. The lowest BCUT2D eigenvalue weighted by atomic mass is 9.91. The first-order valence-electron chi connectivity index (χ1n) is 11.4. The first kappa shape index (κ1) is 24.7. The number of hydrogen-bond donors (Lipinski definition) is 3. The molecule has 0 saturated heterocycles. The van der Waals surface area contributed by atoms with E-state index in [2.05, 4.69) is 20.9 Å². The van der Waals surface area contributed by atoms with Crippen LogP contribution in [0.15, 0.2) is 48.7 Å². The maximum atomic E-state index is 13.0. The van der Waals surface area contributed by atoms with Gasteiger partial charge in [-0.1, -0.05) is 6.07 Å². The van der Waals surface area contributed by atoms with E-state index in [0.29, 0.717) is 17.1 Å². The Balaban J connectivity index is 1.28. The molecule has 0 aliphatic heterocycles. The molecule has 1 amide bonds. The number of hydrogen-bond acceptors (Lipinski definition) is 4. The largest absolute Gasteiger partial charge is 0.434 e. The van der Waals surface area contributed by atoms with Crippen LogP contribution in [0.2, 0.25) is 0 Å². The van der Waals surface area contributed by atoms with Gasteiger partial charge in [0, 0.05) is 42.5 Å². The van der Waals surface area contributed by atoms with E-state index in [-0.39, 0.29) is 36.6 Å². The van der Waals surface area contributed by atoms with E-state index < -0.39 is 18.3 Å². The molecule has 3 aromatic rings. The molecule has 3 N–H and O–H groups in total. The van der Waals surface area contributed by atoms with Crippen molar-refractivity contribution in [3.05, 3.63) is 59.9 Å². The van der Waals surface area contributed by atoms with Crippen molar-refractivity contribution in [1.82, 2.24) is 14.7 Å². The number of pyridine rings is 1. The summed E-state index contributed by atoms with van der Waals surface area (Å²) in [6, 6.07) is 11.6. The second-order valence-electron chi connectivity index (χ2n) is 8.61. The molecule has 35 heavy (non-hydrogen) atoms. The highest BCUT2D eigenvalue weighted by molar-refractivity contribution is 5.94. The van der Waals surface area contributed by atoms with Crippen LogP contribution < -0.4 is 16.0 Å². The smallest absolute Gasteiger partial charge is 0.385 e. The number of imidazole rings is 1. The molecule has 1 fully saturated rings. The Morgan fingerprint density at radius 2 is 1.71 bits per heavy atom.